The van der Waals surface area contributed by atoms with E-state index in [-0.39, 0.29) is 17.6 Å². The van der Waals surface area contributed by atoms with Crippen molar-refractivity contribution in [2.45, 2.75) is 95.0 Å². The Balaban J connectivity index is 1.59. The van der Waals surface area contributed by atoms with Crippen LogP contribution in [0.25, 0.3) is 0 Å². The van der Waals surface area contributed by atoms with Gasteiger partial charge in [-0.1, -0.05) is 26.7 Å². The zero-order chi connectivity index (χ0) is 25.3. The standard InChI is InChI=1S/C27H32Br4O4/c1-27(2,15-11-17(28)25(18(29)12-15)34-23-9-5-3-7-21(23)32)16-13-19(30)26(20(31)14-16)35-24-10-6-4-8-22(24)33/h11-14,21-24,32-33H,3-10H2,1-2H3. The van der Waals surface area contributed by atoms with Crippen molar-refractivity contribution >= 4 is 63.7 Å². The largest absolute Gasteiger partial charge is 0.485 e. The first kappa shape index (κ1) is 27.9. The van der Waals surface area contributed by atoms with Crippen LogP contribution in [0.2, 0.25) is 0 Å². The fourth-order valence-electron chi connectivity index (χ4n) is 4.97. The summed E-state index contributed by atoms with van der Waals surface area (Å²) in [6.45, 7) is 4.37. The molecule has 2 fully saturated rings. The van der Waals surface area contributed by atoms with Gasteiger partial charge in [-0.25, -0.2) is 0 Å². The molecule has 2 N–H and O–H groups in total. The van der Waals surface area contributed by atoms with Crippen LogP contribution in [-0.4, -0.2) is 34.6 Å². The molecule has 0 heterocycles. The highest BCUT2D eigenvalue weighted by atomic mass is 79.9. The second-order valence-electron chi connectivity index (χ2n) is 10.2. The zero-order valence-corrected chi connectivity index (χ0v) is 26.3. The molecule has 0 saturated heterocycles. The number of hydrogen-bond acceptors (Lipinski definition) is 4. The van der Waals surface area contributed by atoms with Gasteiger partial charge in [0.15, 0.2) is 0 Å². The Bertz CT molecular complexity index is 930. The first-order valence-electron chi connectivity index (χ1n) is 12.3. The van der Waals surface area contributed by atoms with Gasteiger partial charge in [0, 0.05) is 5.41 Å². The minimum Gasteiger partial charge on any atom is -0.485 e. The Hall–Kier alpha value is -0.120. The lowest BCUT2D eigenvalue weighted by Crippen LogP contribution is -2.35. The average molecular weight is 740 g/mol. The van der Waals surface area contributed by atoms with E-state index in [9.17, 15) is 10.2 Å². The predicted molar refractivity (Wildman–Crippen MR) is 154 cm³/mol. The van der Waals surface area contributed by atoms with Crippen LogP contribution in [0.5, 0.6) is 11.5 Å². The van der Waals surface area contributed by atoms with Gasteiger partial charge in [-0.15, -0.1) is 0 Å². The lowest BCUT2D eigenvalue weighted by molar-refractivity contribution is 0.00607. The summed E-state index contributed by atoms with van der Waals surface area (Å²) in [6, 6.07) is 8.39. The van der Waals surface area contributed by atoms with Crippen LogP contribution < -0.4 is 9.47 Å². The minimum absolute atomic E-state index is 0.183. The quantitative estimate of drug-likeness (QED) is 0.313. The summed E-state index contributed by atoms with van der Waals surface area (Å²) < 4.78 is 15.9. The summed E-state index contributed by atoms with van der Waals surface area (Å²) in [4.78, 5) is 0. The number of benzene rings is 2. The highest BCUT2D eigenvalue weighted by Crippen LogP contribution is 2.45. The average Bonchev–Trinajstić information content (AvgIpc) is 2.80. The van der Waals surface area contributed by atoms with Crippen LogP contribution >= 0.6 is 63.7 Å². The summed E-state index contributed by atoms with van der Waals surface area (Å²) >= 11 is 14.8. The van der Waals surface area contributed by atoms with E-state index in [4.69, 9.17) is 9.47 Å². The molecule has 2 aliphatic rings. The van der Waals surface area contributed by atoms with Gasteiger partial charge in [0.05, 0.1) is 30.1 Å². The maximum absolute atomic E-state index is 10.3. The molecule has 192 valence electrons. The van der Waals surface area contributed by atoms with E-state index in [1.807, 2.05) is 0 Å². The van der Waals surface area contributed by atoms with E-state index < -0.39 is 12.2 Å². The number of rotatable bonds is 6. The van der Waals surface area contributed by atoms with Gasteiger partial charge < -0.3 is 19.7 Å². The van der Waals surface area contributed by atoms with Gasteiger partial charge in [-0.3, -0.25) is 0 Å². The Labute approximate surface area is 241 Å². The minimum atomic E-state index is -0.427. The fraction of sp³-hybridized carbons (Fsp3) is 0.556. The first-order chi connectivity index (χ1) is 16.6. The molecule has 4 nitrogen and oxygen atoms in total. The van der Waals surface area contributed by atoms with Crippen molar-refractivity contribution in [1.29, 1.82) is 0 Å². The molecule has 2 aromatic rings. The van der Waals surface area contributed by atoms with Crippen molar-refractivity contribution in [3.8, 4) is 11.5 Å². The second-order valence-corrected chi connectivity index (χ2v) is 13.6. The molecule has 8 heteroatoms. The molecule has 2 aromatic carbocycles. The van der Waals surface area contributed by atoms with Crippen molar-refractivity contribution in [3.63, 3.8) is 0 Å². The van der Waals surface area contributed by atoms with Gasteiger partial charge in [-0.05, 0) is 138 Å². The van der Waals surface area contributed by atoms with Crippen molar-refractivity contribution in [1.82, 2.24) is 0 Å². The van der Waals surface area contributed by atoms with Crippen LogP contribution in [0.1, 0.15) is 76.3 Å². The Kier molecular flexibility index (Phi) is 9.35. The van der Waals surface area contributed by atoms with Crippen molar-refractivity contribution in [3.05, 3.63) is 53.3 Å². The molecule has 4 atom stereocenters. The maximum atomic E-state index is 10.3. The van der Waals surface area contributed by atoms with Crippen molar-refractivity contribution in [2.75, 3.05) is 0 Å². The van der Waals surface area contributed by atoms with E-state index in [2.05, 4.69) is 102 Å². The topological polar surface area (TPSA) is 58.9 Å². The molecular weight excluding hydrogens is 708 g/mol. The molecule has 0 amide bonds. The Morgan fingerprint density at radius 1 is 0.629 bits per heavy atom. The van der Waals surface area contributed by atoms with E-state index in [0.29, 0.717) is 0 Å². The molecule has 4 unspecified atom stereocenters. The molecule has 2 saturated carbocycles. The van der Waals surface area contributed by atoms with Crippen LogP contribution in [-0.2, 0) is 5.41 Å². The smallest absolute Gasteiger partial charge is 0.148 e. The number of aliphatic hydroxyl groups excluding tert-OH is 2. The lowest BCUT2D eigenvalue weighted by Gasteiger charge is -2.32. The molecule has 0 spiro atoms. The number of aliphatic hydroxyl groups is 2. The molecule has 0 bridgehead atoms. The monoisotopic (exact) mass is 736 g/mol. The predicted octanol–water partition coefficient (Wildman–Crippen LogP) is 8.43. The summed E-state index contributed by atoms with van der Waals surface area (Å²) in [6.07, 6.45) is 6.32. The third kappa shape index (κ3) is 6.31. The van der Waals surface area contributed by atoms with E-state index in [0.717, 1.165) is 91.9 Å². The summed E-state index contributed by atoms with van der Waals surface area (Å²) in [7, 11) is 0. The second kappa shape index (κ2) is 11.7. The van der Waals surface area contributed by atoms with Gasteiger partial charge in [0.25, 0.3) is 0 Å². The molecule has 35 heavy (non-hydrogen) atoms. The summed E-state index contributed by atoms with van der Waals surface area (Å²) in [5, 5.41) is 20.7. The molecule has 2 aliphatic carbocycles. The molecule has 4 rings (SSSR count). The summed E-state index contributed by atoms with van der Waals surface area (Å²) in [5.41, 5.74) is 1.91. The Morgan fingerprint density at radius 2 is 0.943 bits per heavy atom. The van der Waals surface area contributed by atoms with E-state index >= 15 is 0 Å². The SMILES string of the molecule is CC(C)(c1cc(Br)c(OC2CCCCC2O)c(Br)c1)c1cc(Br)c(OC2CCCCC2O)c(Br)c1. The molecule has 0 radical (unpaired) electrons. The zero-order valence-electron chi connectivity index (χ0n) is 20.0. The summed E-state index contributed by atoms with van der Waals surface area (Å²) in [5.74, 6) is 1.46. The van der Waals surface area contributed by atoms with E-state index in [1.54, 1.807) is 0 Å². The molecule has 0 aromatic heterocycles. The maximum Gasteiger partial charge on any atom is 0.148 e. The molecular formula is C27H32Br4O4. The van der Waals surface area contributed by atoms with Gasteiger partial charge >= 0.3 is 0 Å². The van der Waals surface area contributed by atoms with Crippen LogP contribution in [0.4, 0.5) is 0 Å². The van der Waals surface area contributed by atoms with Crippen LogP contribution in [0.3, 0.4) is 0 Å². The van der Waals surface area contributed by atoms with Gasteiger partial charge in [0.1, 0.15) is 23.7 Å². The highest BCUT2D eigenvalue weighted by molar-refractivity contribution is 9.11. The normalized spacial score (nSPS) is 25.4. The van der Waals surface area contributed by atoms with Gasteiger partial charge in [0.2, 0.25) is 0 Å². The lowest BCUT2D eigenvalue weighted by atomic mass is 9.78. The first-order valence-corrected chi connectivity index (χ1v) is 15.4. The fourth-order valence-corrected chi connectivity index (χ4v) is 7.71. The number of ether oxygens (including phenoxy) is 2. The van der Waals surface area contributed by atoms with Crippen LogP contribution in [0, 0.1) is 0 Å². The van der Waals surface area contributed by atoms with Crippen LogP contribution in [0.15, 0.2) is 42.2 Å². The van der Waals surface area contributed by atoms with Gasteiger partial charge in [-0.2, -0.15) is 0 Å². The van der Waals surface area contributed by atoms with Crippen molar-refractivity contribution in [2.24, 2.45) is 0 Å². The third-order valence-electron chi connectivity index (χ3n) is 7.31. The molecule has 0 aliphatic heterocycles. The Morgan fingerprint density at radius 3 is 1.26 bits per heavy atom. The van der Waals surface area contributed by atoms with E-state index in [1.165, 1.54) is 0 Å². The number of hydrogen-bond donors (Lipinski definition) is 2. The number of halogens is 4. The highest BCUT2D eigenvalue weighted by Gasteiger charge is 2.31. The third-order valence-corrected chi connectivity index (χ3v) is 9.67. The van der Waals surface area contributed by atoms with Crippen molar-refractivity contribution < 1.29 is 19.7 Å².